The number of hydrogen-bond acceptors (Lipinski definition) is 2. The van der Waals surface area contributed by atoms with Crippen LogP contribution >= 0.6 is 15.9 Å². The van der Waals surface area contributed by atoms with E-state index in [1.54, 1.807) is 12.1 Å². The first-order valence-electron chi connectivity index (χ1n) is 6.99. The summed E-state index contributed by atoms with van der Waals surface area (Å²) in [6, 6.07) is 5.42. The summed E-state index contributed by atoms with van der Waals surface area (Å²) in [4.78, 5) is 4.38. The van der Waals surface area contributed by atoms with Crippen molar-refractivity contribution in [3.05, 3.63) is 40.9 Å². The van der Waals surface area contributed by atoms with Crippen molar-refractivity contribution in [3.63, 3.8) is 0 Å². The topological polar surface area (TPSA) is 29.9 Å². The summed E-state index contributed by atoms with van der Waals surface area (Å²) in [6.45, 7) is 0. The zero-order valence-corrected chi connectivity index (χ0v) is 12.7. The van der Waals surface area contributed by atoms with Crippen molar-refractivity contribution in [2.45, 2.75) is 38.1 Å². The third-order valence-corrected chi connectivity index (χ3v) is 4.42. The fourth-order valence-corrected chi connectivity index (χ4v) is 3.15. The second-order valence-corrected chi connectivity index (χ2v) is 6.06. The van der Waals surface area contributed by atoms with Crippen LogP contribution in [0, 0.1) is 5.82 Å². The van der Waals surface area contributed by atoms with Crippen molar-refractivity contribution in [2.75, 3.05) is 5.32 Å². The van der Waals surface area contributed by atoms with Gasteiger partial charge in [0.2, 0.25) is 5.95 Å². The largest absolute Gasteiger partial charge is 0.326 e. The molecule has 0 spiro atoms. The van der Waals surface area contributed by atoms with Crippen molar-refractivity contribution < 1.29 is 4.39 Å². The number of benzene rings is 1. The molecular formula is C15H17BrFN3. The second kappa shape index (κ2) is 5.95. The zero-order chi connectivity index (χ0) is 13.9. The molecule has 1 heterocycles. The average Bonchev–Trinajstić information content (AvgIpc) is 2.92. The second-order valence-electron chi connectivity index (χ2n) is 5.20. The molecule has 0 aliphatic heterocycles. The molecule has 1 fully saturated rings. The maximum atomic E-state index is 13.3. The number of nitrogens with one attached hydrogen (secondary N) is 1. The summed E-state index contributed by atoms with van der Waals surface area (Å²) in [5.41, 5.74) is 0.835. The molecule has 1 aromatic carbocycles. The van der Waals surface area contributed by atoms with Gasteiger partial charge in [-0.1, -0.05) is 19.3 Å². The van der Waals surface area contributed by atoms with Crippen LogP contribution in [0.15, 0.2) is 35.1 Å². The van der Waals surface area contributed by atoms with Crippen LogP contribution in [0.25, 0.3) is 0 Å². The minimum atomic E-state index is -0.258. The first-order chi connectivity index (χ1) is 9.74. The molecule has 0 amide bonds. The summed E-state index contributed by atoms with van der Waals surface area (Å²) in [7, 11) is 0. The molecule has 0 radical (unpaired) electrons. The van der Waals surface area contributed by atoms with E-state index in [9.17, 15) is 4.39 Å². The van der Waals surface area contributed by atoms with Gasteiger partial charge in [0.05, 0.1) is 4.47 Å². The van der Waals surface area contributed by atoms with Gasteiger partial charge >= 0.3 is 0 Å². The van der Waals surface area contributed by atoms with Gasteiger partial charge in [-0.2, -0.15) is 0 Å². The molecule has 1 aromatic heterocycles. The lowest BCUT2D eigenvalue weighted by Crippen LogP contribution is -2.14. The molecule has 106 valence electrons. The highest BCUT2D eigenvalue weighted by Crippen LogP contribution is 2.31. The Morgan fingerprint density at radius 2 is 2.05 bits per heavy atom. The van der Waals surface area contributed by atoms with E-state index in [0.717, 1.165) is 11.6 Å². The molecule has 1 aliphatic rings. The Morgan fingerprint density at radius 1 is 1.25 bits per heavy atom. The van der Waals surface area contributed by atoms with Crippen molar-refractivity contribution in [2.24, 2.45) is 0 Å². The van der Waals surface area contributed by atoms with E-state index in [2.05, 4.69) is 30.8 Å². The number of hydrogen-bond donors (Lipinski definition) is 1. The molecule has 1 N–H and O–H groups in total. The first kappa shape index (κ1) is 13.6. The molecule has 3 rings (SSSR count). The van der Waals surface area contributed by atoms with Gasteiger partial charge in [-0.15, -0.1) is 0 Å². The Hall–Kier alpha value is -1.36. The lowest BCUT2D eigenvalue weighted by atomic mass is 9.95. The van der Waals surface area contributed by atoms with Crippen molar-refractivity contribution in [3.8, 4) is 0 Å². The number of halogens is 2. The average molecular weight is 338 g/mol. The molecule has 3 nitrogen and oxygen atoms in total. The summed E-state index contributed by atoms with van der Waals surface area (Å²) >= 11 is 3.20. The predicted octanol–water partition coefficient (Wildman–Crippen LogP) is 5.03. The smallest absolute Gasteiger partial charge is 0.207 e. The van der Waals surface area contributed by atoms with E-state index in [4.69, 9.17) is 0 Å². The van der Waals surface area contributed by atoms with Gasteiger partial charge in [0, 0.05) is 24.1 Å². The Balaban J connectivity index is 1.80. The molecule has 0 unspecified atom stereocenters. The predicted molar refractivity (Wildman–Crippen MR) is 81.7 cm³/mol. The van der Waals surface area contributed by atoms with Crippen LogP contribution < -0.4 is 5.32 Å². The Kier molecular flexibility index (Phi) is 4.05. The molecule has 20 heavy (non-hydrogen) atoms. The minimum Gasteiger partial charge on any atom is -0.326 e. The van der Waals surface area contributed by atoms with Crippen LogP contribution in [0.1, 0.15) is 38.1 Å². The van der Waals surface area contributed by atoms with Gasteiger partial charge in [0.1, 0.15) is 5.82 Å². The fourth-order valence-electron chi connectivity index (χ4n) is 2.77. The number of aromatic nitrogens is 2. The van der Waals surface area contributed by atoms with Gasteiger partial charge in [-0.05, 0) is 47.0 Å². The third-order valence-electron chi connectivity index (χ3n) is 3.81. The van der Waals surface area contributed by atoms with Gasteiger partial charge in [0.15, 0.2) is 0 Å². The number of nitrogens with zero attached hydrogens (tertiary/aromatic N) is 2. The maximum absolute atomic E-state index is 13.3. The van der Waals surface area contributed by atoms with Gasteiger partial charge in [0.25, 0.3) is 0 Å². The van der Waals surface area contributed by atoms with E-state index < -0.39 is 0 Å². The van der Waals surface area contributed by atoms with Crippen LogP contribution in [-0.4, -0.2) is 9.55 Å². The molecule has 1 saturated carbocycles. The first-order valence-corrected chi connectivity index (χ1v) is 7.78. The minimum absolute atomic E-state index is 0.258. The number of anilines is 2. The van der Waals surface area contributed by atoms with Crippen LogP contribution in [0.3, 0.4) is 0 Å². The Labute approximate surface area is 126 Å². The van der Waals surface area contributed by atoms with Crippen LogP contribution in [0.5, 0.6) is 0 Å². The normalized spacial score (nSPS) is 16.3. The highest BCUT2D eigenvalue weighted by atomic mass is 79.9. The maximum Gasteiger partial charge on any atom is 0.207 e. The van der Waals surface area contributed by atoms with Gasteiger partial charge in [-0.25, -0.2) is 9.37 Å². The van der Waals surface area contributed by atoms with Crippen LogP contribution in [-0.2, 0) is 0 Å². The summed E-state index contributed by atoms with van der Waals surface area (Å²) in [5, 5.41) is 3.27. The SMILES string of the molecule is Fc1ccc(Nc2nccn2C2CCCCC2)cc1Br. The van der Waals surface area contributed by atoms with Crippen LogP contribution in [0.2, 0.25) is 0 Å². The monoisotopic (exact) mass is 337 g/mol. The Morgan fingerprint density at radius 3 is 2.80 bits per heavy atom. The Bertz CT molecular complexity index is 591. The molecule has 2 aromatic rings. The number of rotatable bonds is 3. The van der Waals surface area contributed by atoms with Crippen molar-refractivity contribution in [1.82, 2.24) is 9.55 Å². The zero-order valence-electron chi connectivity index (χ0n) is 11.1. The van der Waals surface area contributed by atoms with E-state index in [-0.39, 0.29) is 5.82 Å². The lowest BCUT2D eigenvalue weighted by Gasteiger charge is -2.24. The molecule has 0 atom stereocenters. The highest BCUT2D eigenvalue weighted by molar-refractivity contribution is 9.10. The number of imidazole rings is 1. The van der Waals surface area contributed by atoms with E-state index in [1.807, 2.05) is 12.4 Å². The molecule has 0 saturated heterocycles. The summed E-state index contributed by atoms with van der Waals surface area (Å²) in [6.07, 6.45) is 10.1. The molecular weight excluding hydrogens is 321 g/mol. The highest BCUT2D eigenvalue weighted by Gasteiger charge is 2.17. The van der Waals surface area contributed by atoms with E-state index >= 15 is 0 Å². The summed E-state index contributed by atoms with van der Waals surface area (Å²) < 4.78 is 15.9. The van der Waals surface area contributed by atoms with E-state index in [0.29, 0.717) is 10.5 Å². The molecule has 1 aliphatic carbocycles. The molecule has 0 bridgehead atoms. The van der Waals surface area contributed by atoms with Gasteiger partial charge in [-0.3, -0.25) is 0 Å². The lowest BCUT2D eigenvalue weighted by molar-refractivity contribution is 0.356. The van der Waals surface area contributed by atoms with Crippen LogP contribution in [0.4, 0.5) is 16.0 Å². The summed E-state index contributed by atoms with van der Waals surface area (Å²) in [5.74, 6) is 0.571. The van der Waals surface area contributed by atoms with Gasteiger partial charge < -0.3 is 9.88 Å². The quantitative estimate of drug-likeness (QED) is 0.850. The fraction of sp³-hybridized carbons (Fsp3) is 0.400. The van der Waals surface area contributed by atoms with E-state index in [1.165, 1.54) is 38.2 Å². The van der Waals surface area contributed by atoms with Crippen molar-refractivity contribution >= 4 is 27.6 Å². The van der Waals surface area contributed by atoms with Crippen molar-refractivity contribution in [1.29, 1.82) is 0 Å². The standard InChI is InChI=1S/C15H17BrFN3/c16-13-10-11(6-7-14(13)17)19-15-18-8-9-20(15)12-4-2-1-3-5-12/h6-10,12H,1-5H2,(H,18,19). The third kappa shape index (κ3) is 2.87. The molecule has 5 heteroatoms.